The van der Waals surface area contributed by atoms with Crippen LogP contribution < -0.4 is 0 Å². The van der Waals surface area contributed by atoms with Crippen LogP contribution in [0.4, 0.5) is 0 Å². The number of hydrogen-bond donors (Lipinski definition) is 1. The van der Waals surface area contributed by atoms with Gasteiger partial charge < -0.3 is 14.7 Å². The number of benzene rings is 1. The number of rotatable bonds is 4. The van der Waals surface area contributed by atoms with Gasteiger partial charge in [0.15, 0.2) is 0 Å². The van der Waals surface area contributed by atoms with Gasteiger partial charge in [-0.15, -0.1) is 0 Å². The van der Waals surface area contributed by atoms with Crippen LogP contribution in [0.25, 0.3) is 5.69 Å². The average Bonchev–Trinajstić information content (AvgIpc) is 3.23. The van der Waals surface area contributed by atoms with E-state index in [-0.39, 0.29) is 24.8 Å². The van der Waals surface area contributed by atoms with Gasteiger partial charge >= 0.3 is 5.97 Å². The average molecular weight is 383 g/mol. The number of nitrogens with zero attached hydrogens (tertiary/aromatic N) is 3. The van der Waals surface area contributed by atoms with E-state index < -0.39 is 11.4 Å². The van der Waals surface area contributed by atoms with Gasteiger partial charge in [-0.2, -0.15) is 5.10 Å². The predicted octanol–water partition coefficient (Wildman–Crippen LogP) is 1.98. The lowest BCUT2D eigenvalue weighted by molar-refractivity contribution is -0.157. The van der Waals surface area contributed by atoms with Crippen molar-refractivity contribution in [1.82, 2.24) is 14.7 Å². The molecule has 7 heteroatoms. The fourth-order valence-corrected chi connectivity index (χ4v) is 4.50. The highest BCUT2D eigenvalue weighted by Crippen LogP contribution is 2.42. The second-order valence-corrected chi connectivity index (χ2v) is 7.83. The summed E-state index contributed by atoms with van der Waals surface area (Å²) in [7, 11) is 0. The second-order valence-electron chi connectivity index (χ2n) is 7.83. The van der Waals surface area contributed by atoms with Gasteiger partial charge in [-0.25, -0.2) is 4.68 Å². The Kier molecular flexibility index (Phi) is 4.71. The quantitative estimate of drug-likeness (QED) is 0.873. The van der Waals surface area contributed by atoms with Crippen LogP contribution >= 0.6 is 0 Å². The van der Waals surface area contributed by atoms with E-state index in [0.717, 1.165) is 22.6 Å². The van der Waals surface area contributed by atoms with Crippen LogP contribution in [0.5, 0.6) is 0 Å². The Hall–Kier alpha value is -2.67. The Labute approximate surface area is 163 Å². The maximum Gasteiger partial charge on any atom is 0.311 e. The van der Waals surface area contributed by atoms with Crippen LogP contribution in [-0.4, -0.2) is 58.0 Å². The van der Waals surface area contributed by atoms with Crippen molar-refractivity contribution >= 4 is 11.9 Å². The van der Waals surface area contributed by atoms with Crippen LogP contribution in [0.3, 0.4) is 0 Å². The molecule has 0 bridgehead atoms. The van der Waals surface area contributed by atoms with Crippen LogP contribution in [0.2, 0.25) is 0 Å². The molecule has 0 saturated carbocycles. The molecule has 2 aliphatic rings. The van der Waals surface area contributed by atoms with Crippen LogP contribution in [-0.2, 0) is 20.7 Å². The summed E-state index contributed by atoms with van der Waals surface area (Å²) in [5, 5.41) is 14.4. The number of carboxylic acid groups (broad SMARTS) is 1. The Bertz CT molecular complexity index is 908. The fourth-order valence-electron chi connectivity index (χ4n) is 4.50. The third kappa shape index (κ3) is 2.99. The third-order valence-electron chi connectivity index (χ3n) is 6.26. The Morgan fingerprint density at radius 2 is 2.04 bits per heavy atom. The number of carbonyl (C=O) groups excluding carboxylic acids is 1. The zero-order valence-electron chi connectivity index (χ0n) is 16.2. The van der Waals surface area contributed by atoms with E-state index in [1.54, 1.807) is 4.90 Å². The molecule has 0 spiro atoms. The number of aromatic nitrogens is 2. The Morgan fingerprint density at radius 3 is 2.71 bits per heavy atom. The van der Waals surface area contributed by atoms with Crippen LogP contribution in [0, 0.1) is 25.2 Å². The van der Waals surface area contributed by atoms with Gasteiger partial charge in [0.05, 0.1) is 29.8 Å². The number of ether oxygens (including phenoxy) is 1. The molecule has 2 atom stereocenters. The minimum atomic E-state index is -0.869. The lowest BCUT2D eigenvalue weighted by Gasteiger charge is -2.33. The predicted molar refractivity (Wildman–Crippen MR) is 102 cm³/mol. The standard InChI is InChI=1S/C21H25N3O4/c1-14-18(15(2)24(22-14)17-6-4-3-5-7-17)10-19(25)23-11-16-12-28-9-8-21(16,13-23)20(26)27/h3-7,16H,8-13H2,1-2H3,(H,26,27)/t16-,21+/m0/s1. The number of amides is 1. The maximum absolute atomic E-state index is 13.0. The van der Waals surface area contributed by atoms with Gasteiger partial charge in [-0.3, -0.25) is 9.59 Å². The molecule has 0 radical (unpaired) electrons. The highest BCUT2D eigenvalue weighted by Gasteiger charge is 2.54. The number of carbonyl (C=O) groups is 2. The van der Waals surface area contributed by atoms with Gasteiger partial charge in [0.25, 0.3) is 0 Å². The van der Waals surface area contributed by atoms with Crippen molar-refractivity contribution in [2.75, 3.05) is 26.3 Å². The Balaban J connectivity index is 1.55. The Morgan fingerprint density at radius 1 is 1.29 bits per heavy atom. The van der Waals surface area contributed by atoms with Gasteiger partial charge in [0.2, 0.25) is 5.91 Å². The highest BCUT2D eigenvalue weighted by molar-refractivity contribution is 5.83. The molecule has 2 aromatic rings. The number of likely N-dealkylation sites (tertiary alicyclic amines) is 1. The highest BCUT2D eigenvalue weighted by atomic mass is 16.5. The first kappa shape index (κ1) is 18.7. The monoisotopic (exact) mass is 383 g/mol. The summed E-state index contributed by atoms with van der Waals surface area (Å²) < 4.78 is 7.34. The molecule has 7 nitrogen and oxygen atoms in total. The molecule has 2 aliphatic heterocycles. The summed E-state index contributed by atoms with van der Waals surface area (Å²) in [6.45, 7) is 5.42. The molecule has 1 amide bonds. The third-order valence-corrected chi connectivity index (χ3v) is 6.26. The molecule has 1 N–H and O–H groups in total. The fraction of sp³-hybridized carbons (Fsp3) is 0.476. The van der Waals surface area contributed by atoms with Crippen LogP contribution in [0.15, 0.2) is 30.3 Å². The molecule has 2 saturated heterocycles. The first-order valence-corrected chi connectivity index (χ1v) is 9.62. The van der Waals surface area contributed by atoms with Crippen molar-refractivity contribution in [2.45, 2.75) is 26.7 Å². The van der Waals surface area contributed by atoms with Gasteiger partial charge in [-0.1, -0.05) is 18.2 Å². The molecule has 3 heterocycles. The van der Waals surface area contributed by atoms with E-state index >= 15 is 0 Å². The molecule has 0 unspecified atom stereocenters. The van der Waals surface area contributed by atoms with Crippen LogP contribution in [0.1, 0.15) is 23.4 Å². The van der Waals surface area contributed by atoms with E-state index in [9.17, 15) is 14.7 Å². The molecular weight excluding hydrogens is 358 g/mol. The smallest absolute Gasteiger partial charge is 0.311 e. The SMILES string of the molecule is Cc1nn(-c2ccccc2)c(C)c1CC(=O)N1C[C@H]2COCC[C@@]2(C(=O)O)C1. The first-order valence-electron chi connectivity index (χ1n) is 9.62. The molecule has 28 heavy (non-hydrogen) atoms. The largest absolute Gasteiger partial charge is 0.481 e. The number of fused-ring (bicyclic) bond motifs is 1. The van der Waals surface area contributed by atoms with E-state index in [1.165, 1.54) is 0 Å². The summed E-state index contributed by atoms with van der Waals surface area (Å²) >= 11 is 0. The number of carboxylic acids is 1. The normalized spacial score (nSPS) is 24.2. The number of para-hydroxylation sites is 1. The molecule has 4 rings (SSSR count). The van der Waals surface area contributed by atoms with E-state index in [4.69, 9.17) is 4.74 Å². The second kappa shape index (κ2) is 7.05. The van der Waals surface area contributed by atoms with E-state index in [0.29, 0.717) is 26.2 Å². The zero-order chi connectivity index (χ0) is 19.9. The van der Waals surface area contributed by atoms with Crippen molar-refractivity contribution in [2.24, 2.45) is 11.3 Å². The van der Waals surface area contributed by atoms with Gasteiger partial charge in [0, 0.05) is 36.9 Å². The van der Waals surface area contributed by atoms with E-state index in [2.05, 4.69) is 5.10 Å². The van der Waals surface area contributed by atoms with Crippen molar-refractivity contribution in [3.63, 3.8) is 0 Å². The number of aryl methyl sites for hydroxylation is 1. The lowest BCUT2D eigenvalue weighted by Crippen LogP contribution is -2.45. The molecule has 0 aliphatic carbocycles. The summed E-state index contributed by atoms with van der Waals surface area (Å²) in [5.41, 5.74) is 2.75. The summed E-state index contributed by atoms with van der Waals surface area (Å²) in [4.78, 5) is 26.7. The minimum Gasteiger partial charge on any atom is -0.481 e. The lowest BCUT2D eigenvalue weighted by atomic mass is 9.74. The van der Waals surface area contributed by atoms with Gasteiger partial charge in [0.1, 0.15) is 0 Å². The van der Waals surface area contributed by atoms with Crippen molar-refractivity contribution in [1.29, 1.82) is 0 Å². The summed E-state index contributed by atoms with van der Waals surface area (Å²) in [5.74, 6) is -1.01. The number of hydrogen-bond acceptors (Lipinski definition) is 4. The zero-order valence-corrected chi connectivity index (χ0v) is 16.2. The maximum atomic E-state index is 13.0. The van der Waals surface area contributed by atoms with Crippen molar-refractivity contribution in [3.8, 4) is 5.69 Å². The molecule has 1 aromatic carbocycles. The van der Waals surface area contributed by atoms with Gasteiger partial charge in [-0.05, 0) is 32.4 Å². The molecule has 1 aromatic heterocycles. The summed E-state index contributed by atoms with van der Waals surface area (Å²) in [6, 6.07) is 9.82. The summed E-state index contributed by atoms with van der Waals surface area (Å²) in [6.07, 6.45) is 0.689. The van der Waals surface area contributed by atoms with Crippen molar-refractivity contribution < 1.29 is 19.4 Å². The molecule has 148 valence electrons. The number of aliphatic carboxylic acids is 1. The molecule has 2 fully saturated rings. The van der Waals surface area contributed by atoms with E-state index in [1.807, 2.05) is 48.9 Å². The first-order chi connectivity index (χ1) is 13.4. The molecular formula is C21H25N3O4. The topological polar surface area (TPSA) is 84.7 Å². The van der Waals surface area contributed by atoms with Crippen molar-refractivity contribution in [3.05, 3.63) is 47.3 Å². The minimum absolute atomic E-state index is 0.0474.